The third-order valence-electron chi connectivity index (χ3n) is 6.16. The molecule has 150 valence electrons. The highest BCUT2D eigenvalue weighted by Crippen LogP contribution is 2.58. The second-order valence-electron chi connectivity index (χ2n) is 8.24. The number of likely N-dealkylation sites (N-methyl/N-ethyl adjacent to an activating group) is 1. The van der Waals surface area contributed by atoms with E-state index in [4.69, 9.17) is 13.9 Å². The van der Waals surface area contributed by atoms with Gasteiger partial charge in [0.1, 0.15) is 29.6 Å². The summed E-state index contributed by atoms with van der Waals surface area (Å²) in [6, 6.07) is 2.82. The Morgan fingerprint density at radius 3 is 2.86 bits per heavy atom. The smallest absolute Gasteiger partial charge is 0.410 e. The fourth-order valence-electron chi connectivity index (χ4n) is 5.40. The fourth-order valence-corrected chi connectivity index (χ4v) is 5.40. The maximum absolute atomic E-state index is 13.3. The van der Waals surface area contributed by atoms with E-state index in [0.717, 1.165) is 5.57 Å². The lowest BCUT2D eigenvalue weighted by atomic mass is 9.77. The van der Waals surface area contributed by atoms with Gasteiger partial charge < -0.3 is 18.8 Å². The number of amides is 2. The standard InChI is InChI=1S/C21H26N2O5/c1-6-9-27-19(25)23-12-13(2)11-20(3)17(23)15-18(24)22(5)16(21(15,4)28-20)14-8-7-10-26-14/h6-8,10-11,15-17H,1,9,12H2,2-5H3/t15?,16-,17+,20+,21?/m1/s1. The van der Waals surface area contributed by atoms with Crippen LogP contribution in [0.25, 0.3) is 0 Å². The Labute approximate surface area is 164 Å². The molecule has 5 atom stereocenters. The van der Waals surface area contributed by atoms with Gasteiger partial charge in [0.25, 0.3) is 0 Å². The fraction of sp³-hybridized carbons (Fsp3) is 0.524. The van der Waals surface area contributed by atoms with Gasteiger partial charge in [-0.15, -0.1) is 0 Å². The third-order valence-corrected chi connectivity index (χ3v) is 6.16. The number of nitrogens with zero attached hydrogens (tertiary/aromatic N) is 2. The zero-order valence-corrected chi connectivity index (χ0v) is 16.7. The lowest BCUT2D eigenvalue weighted by molar-refractivity contribution is -0.134. The van der Waals surface area contributed by atoms with Crippen LogP contribution in [-0.4, -0.2) is 59.2 Å². The van der Waals surface area contributed by atoms with Crippen molar-refractivity contribution in [3.8, 4) is 0 Å². The van der Waals surface area contributed by atoms with Crippen LogP contribution in [0.5, 0.6) is 0 Å². The number of carbonyl (C=O) groups is 2. The van der Waals surface area contributed by atoms with Crippen molar-refractivity contribution >= 4 is 12.0 Å². The molecule has 0 spiro atoms. The average Bonchev–Trinajstić information content (AvgIpc) is 3.25. The summed E-state index contributed by atoms with van der Waals surface area (Å²) in [7, 11) is 1.75. The number of furan rings is 1. The molecule has 0 N–H and O–H groups in total. The summed E-state index contributed by atoms with van der Waals surface area (Å²) in [6.45, 7) is 9.93. The van der Waals surface area contributed by atoms with E-state index in [1.807, 2.05) is 32.9 Å². The highest BCUT2D eigenvalue weighted by atomic mass is 16.6. The van der Waals surface area contributed by atoms with Crippen molar-refractivity contribution in [3.63, 3.8) is 0 Å². The summed E-state index contributed by atoms with van der Waals surface area (Å²) in [5.74, 6) is 0.0786. The van der Waals surface area contributed by atoms with E-state index < -0.39 is 29.3 Å². The Hall–Kier alpha value is -2.54. The van der Waals surface area contributed by atoms with Crippen molar-refractivity contribution in [3.05, 3.63) is 48.5 Å². The molecular weight excluding hydrogens is 360 g/mol. The van der Waals surface area contributed by atoms with Crippen LogP contribution in [0.4, 0.5) is 4.79 Å². The van der Waals surface area contributed by atoms with E-state index in [0.29, 0.717) is 12.3 Å². The molecule has 3 aliphatic rings. The first-order chi connectivity index (χ1) is 13.2. The van der Waals surface area contributed by atoms with Crippen LogP contribution < -0.4 is 0 Å². The largest absolute Gasteiger partial charge is 0.467 e. The molecule has 1 aromatic heterocycles. The van der Waals surface area contributed by atoms with Gasteiger partial charge in [-0.1, -0.05) is 24.3 Å². The van der Waals surface area contributed by atoms with E-state index in [9.17, 15) is 9.59 Å². The lowest BCUT2D eigenvalue weighted by Gasteiger charge is -2.42. The highest BCUT2D eigenvalue weighted by Gasteiger charge is 2.72. The van der Waals surface area contributed by atoms with Crippen molar-refractivity contribution in [1.29, 1.82) is 0 Å². The molecule has 7 heteroatoms. The summed E-state index contributed by atoms with van der Waals surface area (Å²) in [5.41, 5.74) is -0.647. The molecule has 0 radical (unpaired) electrons. The van der Waals surface area contributed by atoms with Crippen LogP contribution in [0.1, 0.15) is 32.6 Å². The molecule has 2 unspecified atom stereocenters. The van der Waals surface area contributed by atoms with Gasteiger partial charge in [0.15, 0.2) is 0 Å². The summed E-state index contributed by atoms with van der Waals surface area (Å²) in [5, 5.41) is 0. The first-order valence-electron chi connectivity index (χ1n) is 9.46. The number of carbonyl (C=O) groups excluding carboxylic acids is 2. The van der Waals surface area contributed by atoms with Crippen molar-refractivity contribution < 1.29 is 23.5 Å². The first kappa shape index (κ1) is 18.8. The van der Waals surface area contributed by atoms with E-state index in [1.54, 1.807) is 29.2 Å². The zero-order chi connectivity index (χ0) is 20.3. The van der Waals surface area contributed by atoms with Crippen molar-refractivity contribution in [1.82, 2.24) is 9.80 Å². The second kappa shape index (κ2) is 6.24. The van der Waals surface area contributed by atoms with Gasteiger partial charge in [-0.3, -0.25) is 9.69 Å². The molecule has 7 nitrogen and oxygen atoms in total. The van der Waals surface area contributed by atoms with Crippen molar-refractivity contribution in [2.75, 3.05) is 20.2 Å². The summed E-state index contributed by atoms with van der Waals surface area (Å²) in [6.07, 6.45) is 4.69. The van der Waals surface area contributed by atoms with Crippen LogP contribution in [0.15, 0.2) is 47.1 Å². The molecule has 4 rings (SSSR count). The van der Waals surface area contributed by atoms with Crippen LogP contribution in [-0.2, 0) is 14.3 Å². The van der Waals surface area contributed by atoms with Gasteiger partial charge in [0.05, 0.1) is 18.2 Å². The minimum Gasteiger partial charge on any atom is -0.467 e. The molecular formula is C21H26N2O5. The van der Waals surface area contributed by atoms with Gasteiger partial charge in [-0.05, 0) is 32.9 Å². The van der Waals surface area contributed by atoms with Gasteiger partial charge in [-0.2, -0.15) is 0 Å². The predicted molar refractivity (Wildman–Crippen MR) is 101 cm³/mol. The monoisotopic (exact) mass is 386 g/mol. The van der Waals surface area contributed by atoms with E-state index in [2.05, 4.69) is 6.58 Å². The van der Waals surface area contributed by atoms with E-state index >= 15 is 0 Å². The number of fused-ring (bicyclic) bond motifs is 3. The van der Waals surface area contributed by atoms with E-state index in [-0.39, 0.29) is 18.6 Å². The molecule has 28 heavy (non-hydrogen) atoms. The molecule has 3 aliphatic heterocycles. The van der Waals surface area contributed by atoms with Crippen molar-refractivity contribution in [2.24, 2.45) is 5.92 Å². The molecule has 0 saturated carbocycles. The van der Waals surface area contributed by atoms with Crippen LogP contribution in [0.2, 0.25) is 0 Å². The van der Waals surface area contributed by atoms with Gasteiger partial charge in [0, 0.05) is 13.6 Å². The normalized spacial score (nSPS) is 36.8. The number of rotatable bonds is 3. The average molecular weight is 386 g/mol. The van der Waals surface area contributed by atoms with E-state index in [1.165, 1.54) is 6.08 Å². The molecule has 4 heterocycles. The Kier molecular flexibility index (Phi) is 4.19. The summed E-state index contributed by atoms with van der Waals surface area (Å²) >= 11 is 0. The summed E-state index contributed by atoms with van der Waals surface area (Å²) < 4.78 is 17.6. The zero-order valence-electron chi connectivity index (χ0n) is 16.7. The van der Waals surface area contributed by atoms with Crippen LogP contribution in [0, 0.1) is 5.92 Å². The minimum atomic E-state index is -0.846. The Bertz CT molecular complexity index is 847. The third kappa shape index (κ3) is 2.45. The Morgan fingerprint density at radius 2 is 2.21 bits per heavy atom. The Balaban J connectivity index is 1.79. The molecule has 2 saturated heterocycles. The molecule has 2 fully saturated rings. The quantitative estimate of drug-likeness (QED) is 0.747. The predicted octanol–water partition coefficient (Wildman–Crippen LogP) is 2.91. The molecule has 0 aromatic carbocycles. The Morgan fingerprint density at radius 1 is 1.46 bits per heavy atom. The second-order valence-corrected chi connectivity index (χ2v) is 8.24. The number of hydrogen-bond donors (Lipinski definition) is 0. The van der Waals surface area contributed by atoms with Gasteiger partial charge in [-0.25, -0.2) is 4.79 Å². The first-order valence-corrected chi connectivity index (χ1v) is 9.46. The maximum Gasteiger partial charge on any atom is 0.410 e. The maximum atomic E-state index is 13.3. The highest BCUT2D eigenvalue weighted by molar-refractivity contribution is 5.86. The number of ether oxygens (including phenoxy) is 2. The number of likely N-dealkylation sites (tertiary alicyclic amines) is 1. The summed E-state index contributed by atoms with van der Waals surface area (Å²) in [4.78, 5) is 29.5. The lowest BCUT2D eigenvalue weighted by Crippen LogP contribution is -2.57. The van der Waals surface area contributed by atoms with Crippen LogP contribution >= 0.6 is 0 Å². The molecule has 0 aliphatic carbocycles. The topological polar surface area (TPSA) is 72.2 Å². The molecule has 2 amide bonds. The molecule has 0 bridgehead atoms. The van der Waals surface area contributed by atoms with Gasteiger partial charge in [0.2, 0.25) is 5.91 Å². The number of hydrogen-bond acceptors (Lipinski definition) is 5. The SMILES string of the molecule is C=CCOC(=O)N1CC(C)=C[C@]2(C)OC3(C)C(C(=O)N(C)[C@@H]3c3ccco3)[C@H]12. The van der Waals surface area contributed by atoms with Crippen molar-refractivity contribution in [2.45, 2.75) is 44.1 Å². The molecule has 1 aromatic rings. The van der Waals surface area contributed by atoms with Gasteiger partial charge >= 0.3 is 6.09 Å². The van der Waals surface area contributed by atoms with Crippen LogP contribution in [0.3, 0.4) is 0 Å². The minimum absolute atomic E-state index is 0.0629.